The number of nitrogens with zero attached hydrogens (tertiary/aromatic N) is 2. The number of aromatic nitrogens is 1. The maximum atomic E-state index is 6.23. The molecule has 0 saturated heterocycles. The van der Waals surface area contributed by atoms with Crippen LogP contribution in [0.5, 0.6) is 23.0 Å². The number of fused-ring (bicyclic) bond motifs is 4. The Morgan fingerprint density at radius 3 is 2.14 bits per heavy atom. The molecule has 4 nitrogen and oxygen atoms in total. The number of hydrogen-bond donors (Lipinski definition) is 0. The van der Waals surface area contributed by atoms with Gasteiger partial charge >= 0.3 is 0 Å². The summed E-state index contributed by atoms with van der Waals surface area (Å²) in [7, 11) is 0. The van der Waals surface area contributed by atoms with Gasteiger partial charge in [0.25, 0.3) is 0 Å². The summed E-state index contributed by atoms with van der Waals surface area (Å²) in [6.07, 6.45) is 1.77. The second-order valence-electron chi connectivity index (χ2n) is 6.41. The fourth-order valence-electron chi connectivity index (χ4n) is 3.61. The first kappa shape index (κ1) is 17.0. The van der Waals surface area contributed by atoms with E-state index in [-0.39, 0.29) is 20.1 Å². The van der Waals surface area contributed by atoms with Gasteiger partial charge < -0.3 is 19.4 Å². The summed E-state index contributed by atoms with van der Waals surface area (Å²) in [5.74, 6) is 2.98. The number of para-hydroxylation sites is 4. The normalized spacial score (nSPS) is 12.5. The average molecular weight is 542 g/mol. The van der Waals surface area contributed by atoms with Crippen molar-refractivity contribution < 1.29 is 29.6 Å². The Hall–Kier alpha value is -3.14. The third kappa shape index (κ3) is 2.44. The summed E-state index contributed by atoms with van der Waals surface area (Å²) in [4.78, 5) is 6.62. The van der Waals surface area contributed by atoms with Crippen molar-refractivity contribution in [2.24, 2.45) is 0 Å². The Balaban J connectivity index is 0.00000171. The summed E-state index contributed by atoms with van der Waals surface area (Å²) in [6.45, 7) is 0. The third-order valence-corrected chi connectivity index (χ3v) is 4.78. The number of rotatable bonds is 1. The van der Waals surface area contributed by atoms with Crippen LogP contribution in [-0.2, 0) is 20.1 Å². The van der Waals surface area contributed by atoms with E-state index in [0.717, 1.165) is 45.6 Å². The van der Waals surface area contributed by atoms with Crippen LogP contribution in [0.4, 0.5) is 17.1 Å². The van der Waals surface area contributed by atoms with E-state index in [1.165, 1.54) is 0 Å². The summed E-state index contributed by atoms with van der Waals surface area (Å²) >= 11 is 0. The van der Waals surface area contributed by atoms with Crippen LogP contribution >= 0.6 is 0 Å². The Morgan fingerprint density at radius 1 is 0.750 bits per heavy atom. The van der Waals surface area contributed by atoms with Gasteiger partial charge in [0.2, 0.25) is 0 Å². The van der Waals surface area contributed by atoms with Gasteiger partial charge in [0.1, 0.15) is 11.5 Å². The van der Waals surface area contributed by atoms with Crippen molar-refractivity contribution in [1.29, 1.82) is 0 Å². The van der Waals surface area contributed by atoms with Crippen molar-refractivity contribution in [3.05, 3.63) is 85.1 Å². The first-order chi connectivity index (χ1) is 13.4. The smallest absolute Gasteiger partial charge is 0.148 e. The van der Waals surface area contributed by atoms with Gasteiger partial charge in [-0.05, 0) is 36.0 Å². The molecule has 0 aliphatic carbocycles. The molecule has 0 atom stereocenters. The van der Waals surface area contributed by atoms with Crippen LogP contribution in [0.3, 0.4) is 0 Å². The minimum atomic E-state index is 0. The van der Waals surface area contributed by atoms with Crippen LogP contribution in [0.1, 0.15) is 0 Å². The maximum Gasteiger partial charge on any atom is 0.148 e. The minimum Gasteiger partial charge on any atom is -0.473 e. The van der Waals surface area contributed by atoms with E-state index in [0.29, 0.717) is 5.75 Å². The van der Waals surface area contributed by atoms with E-state index < -0.39 is 0 Å². The van der Waals surface area contributed by atoms with Gasteiger partial charge in [-0.25, -0.2) is 0 Å². The van der Waals surface area contributed by atoms with E-state index in [1.54, 1.807) is 6.20 Å². The number of anilines is 3. The zero-order valence-corrected chi connectivity index (χ0v) is 16.9. The molecule has 1 aromatic heterocycles. The van der Waals surface area contributed by atoms with Crippen LogP contribution in [0, 0.1) is 6.07 Å². The van der Waals surface area contributed by atoms with Gasteiger partial charge in [-0.2, -0.15) is 0 Å². The van der Waals surface area contributed by atoms with Gasteiger partial charge in [-0.1, -0.05) is 48.5 Å². The zero-order valence-electron chi connectivity index (χ0n) is 14.5. The van der Waals surface area contributed by atoms with Crippen LogP contribution in [0.2, 0.25) is 0 Å². The van der Waals surface area contributed by atoms with E-state index in [9.17, 15) is 0 Å². The van der Waals surface area contributed by atoms with Gasteiger partial charge in [-0.3, -0.25) is 0 Å². The first-order valence-corrected chi connectivity index (χ1v) is 8.74. The van der Waals surface area contributed by atoms with Crippen molar-refractivity contribution in [1.82, 2.24) is 4.98 Å². The topological polar surface area (TPSA) is 34.6 Å². The first-order valence-electron chi connectivity index (χ1n) is 8.74. The van der Waals surface area contributed by atoms with Gasteiger partial charge in [0.05, 0.1) is 22.9 Å². The third-order valence-electron chi connectivity index (χ3n) is 4.78. The van der Waals surface area contributed by atoms with Crippen molar-refractivity contribution in [2.45, 2.75) is 0 Å². The Kier molecular flexibility index (Phi) is 3.93. The van der Waals surface area contributed by atoms with Crippen molar-refractivity contribution in [3.63, 3.8) is 0 Å². The molecule has 0 spiro atoms. The minimum absolute atomic E-state index is 0. The molecule has 3 aromatic carbocycles. The fourth-order valence-corrected chi connectivity index (χ4v) is 3.61. The molecule has 6 rings (SSSR count). The number of pyridine rings is 1. The molecular weight excluding hydrogens is 528 g/mol. The molecule has 2 aliphatic rings. The maximum absolute atomic E-state index is 6.23. The molecule has 0 saturated carbocycles. The average Bonchev–Trinajstić information content (AvgIpc) is 2.74. The van der Waals surface area contributed by atoms with Gasteiger partial charge in [-0.15, -0.1) is 5.56 Å². The Bertz CT molecular complexity index is 1120. The number of ether oxygens (including phenoxy) is 2. The molecular formula is C23H13IrN2O2-. The number of hydrogen-bond acceptors (Lipinski definition) is 4. The summed E-state index contributed by atoms with van der Waals surface area (Å²) in [5, 5.41) is 0. The van der Waals surface area contributed by atoms with Crippen molar-refractivity contribution >= 4 is 17.1 Å². The second kappa shape index (κ2) is 6.48. The van der Waals surface area contributed by atoms with E-state index in [4.69, 9.17) is 9.47 Å². The van der Waals surface area contributed by atoms with Crippen LogP contribution in [-0.4, -0.2) is 4.98 Å². The molecule has 2 aliphatic heterocycles. The standard InChI is InChI=1S/C23H13N2O2.Ir/c1-3-10-19-17(8-1)25-18-9-2-4-11-20(18)27-22-14-15(13-21(26-19)23(22)25)16-7-5-6-12-24-16;/h1-13H;/q-1;. The molecule has 0 fully saturated rings. The van der Waals surface area contributed by atoms with Crippen LogP contribution in [0.15, 0.2) is 79.0 Å². The predicted octanol–water partition coefficient (Wildman–Crippen LogP) is 6.23. The van der Waals surface area contributed by atoms with Crippen LogP contribution < -0.4 is 14.4 Å². The molecule has 28 heavy (non-hydrogen) atoms. The van der Waals surface area contributed by atoms with Crippen molar-refractivity contribution in [3.8, 4) is 34.3 Å². The quantitative estimate of drug-likeness (QED) is 0.231. The summed E-state index contributed by atoms with van der Waals surface area (Å²) in [5.41, 5.74) is 4.50. The van der Waals surface area contributed by atoms with E-state index in [2.05, 4.69) is 28.1 Å². The fraction of sp³-hybridized carbons (Fsp3) is 0. The Morgan fingerprint density at radius 2 is 1.43 bits per heavy atom. The SMILES string of the molecule is [Ir].[c-]1c(-c2ccccn2)cc2c3c1Oc1ccccc1N3c1ccccc1O2. The molecule has 0 N–H and O–H groups in total. The summed E-state index contributed by atoms with van der Waals surface area (Å²) in [6, 6.07) is 27.2. The van der Waals surface area contributed by atoms with E-state index in [1.807, 2.05) is 60.7 Å². The number of benzene rings is 3. The van der Waals surface area contributed by atoms with E-state index >= 15 is 0 Å². The second-order valence-corrected chi connectivity index (χ2v) is 6.41. The molecule has 0 amide bonds. The molecule has 0 unspecified atom stereocenters. The molecule has 3 heterocycles. The molecule has 137 valence electrons. The van der Waals surface area contributed by atoms with Gasteiger partial charge in [0.15, 0.2) is 0 Å². The largest absolute Gasteiger partial charge is 0.473 e. The molecule has 5 heteroatoms. The Labute approximate surface area is 175 Å². The molecule has 0 bridgehead atoms. The van der Waals surface area contributed by atoms with Gasteiger partial charge in [0, 0.05) is 32.0 Å². The van der Waals surface area contributed by atoms with Crippen molar-refractivity contribution in [2.75, 3.05) is 4.90 Å². The van der Waals surface area contributed by atoms with Crippen LogP contribution in [0.25, 0.3) is 11.3 Å². The molecule has 4 aromatic rings. The predicted molar refractivity (Wildman–Crippen MR) is 103 cm³/mol. The zero-order chi connectivity index (χ0) is 17.8. The monoisotopic (exact) mass is 542 g/mol. The summed E-state index contributed by atoms with van der Waals surface area (Å²) < 4.78 is 12.4. The molecule has 1 radical (unpaired) electrons.